The highest BCUT2D eigenvalue weighted by Crippen LogP contribution is 2.30. The number of carbonyl (C=O) groups excluding carboxylic acids is 1. The van der Waals surface area contributed by atoms with E-state index >= 15 is 0 Å². The van der Waals surface area contributed by atoms with Crippen LogP contribution in [0.4, 0.5) is 0 Å². The molecule has 2 fully saturated rings. The first kappa shape index (κ1) is 21.9. The van der Waals surface area contributed by atoms with Crippen LogP contribution in [-0.4, -0.2) is 59.0 Å². The number of hydrogen-bond acceptors (Lipinski definition) is 5. The Morgan fingerprint density at radius 3 is 2.70 bits per heavy atom. The average Bonchev–Trinajstić information content (AvgIpc) is 3.19. The lowest BCUT2D eigenvalue weighted by Gasteiger charge is -2.48. The first-order valence-corrected chi connectivity index (χ1v) is 11.9. The molecule has 2 aliphatic heterocycles. The molecule has 2 bridgehead atoms. The Bertz CT molecular complexity index is 1110. The van der Waals surface area contributed by atoms with Gasteiger partial charge in [-0.1, -0.05) is 37.3 Å². The third kappa shape index (κ3) is 4.48. The Labute approximate surface area is 194 Å². The van der Waals surface area contributed by atoms with Crippen molar-refractivity contribution in [1.82, 2.24) is 20.0 Å². The van der Waals surface area contributed by atoms with E-state index in [9.17, 15) is 4.79 Å². The quantitative estimate of drug-likeness (QED) is 0.598. The van der Waals surface area contributed by atoms with E-state index in [-0.39, 0.29) is 24.0 Å². The summed E-state index contributed by atoms with van der Waals surface area (Å²) in [6, 6.07) is 16.9. The Morgan fingerprint density at radius 1 is 1.15 bits per heavy atom. The molecule has 33 heavy (non-hydrogen) atoms. The number of benzene rings is 2. The summed E-state index contributed by atoms with van der Waals surface area (Å²) < 4.78 is 13.2. The van der Waals surface area contributed by atoms with Crippen molar-refractivity contribution in [3.05, 3.63) is 59.8 Å². The second kappa shape index (κ2) is 9.53. The van der Waals surface area contributed by atoms with Crippen LogP contribution in [0.5, 0.6) is 5.75 Å². The van der Waals surface area contributed by atoms with E-state index in [1.165, 1.54) is 5.56 Å². The van der Waals surface area contributed by atoms with E-state index in [0.29, 0.717) is 18.9 Å². The molecule has 3 heterocycles. The van der Waals surface area contributed by atoms with Crippen LogP contribution in [-0.2, 0) is 17.8 Å². The lowest BCUT2D eigenvalue weighted by atomic mass is 9.89. The number of rotatable bonds is 7. The van der Waals surface area contributed by atoms with Crippen LogP contribution in [0, 0.1) is 0 Å². The second-order valence-electron chi connectivity index (χ2n) is 9.10. The molecule has 174 valence electrons. The smallest absolute Gasteiger partial charge is 0.272 e. The van der Waals surface area contributed by atoms with E-state index in [0.717, 1.165) is 49.0 Å². The lowest BCUT2D eigenvalue weighted by Crippen LogP contribution is -2.60. The molecule has 2 aromatic carbocycles. The summed E-state index contributed by atoms with van der Waals surface area (Å²) in [4.78, 5) is 15.8. The standard InChI is InChI=1S/C26H32N4O3/c1-3-11-30-24-10-5-4-9-23(24)25(28-30)26(31)27-19-13-20-16-33-17-21(14-19)29(20)15-18-7-6-8-22(12-18)32-2/h4-10,12,19-21H,3,11,13-17H2,1-2H3,(H,27,31). The maximum absolute atomic E-state index is 13.3. The van der Waals surface area contributed by atoms with Crippen molar-refractivity contribution in [3.8, 4) is 5.75 Å². The van der Waals surface area contributed by atoms with Crippen molar-refractivity contribution in [2.45, 2.75) is 57.4 Å². The van der Waals surface area contributed by atoms with Crippen molar-refractivity contribution in [2.24, 2.45) is 0 Å². The van der Waals surface area contributed by atoms with Crippen molar-refractivity contribution >= 4 is 16.8 Å². The fourth-order valence-electron chi connectivity index (χ4n) is 5.28. The van der Waals surface area contributed by atoms with Gasteiger partial charge in [0, 0.05) is 36.6 Å². The van der Waals surface area contributed by atoms with Crippen LogP contribution in [0.25, 0.3) is 10.9 Å². The predicted molar refractivity (Wildman–Crippen MR) is 127 cm³/mol. The summed E-state index contributed by atoms with van der Waals surface area (Å²) in [6.07, 6.45) is 2.72. The zero-order chi connectivity index (χ0) is 22.8. The highest BCUT2D eigenvalue weighted by molar-refractivity contribution is 6.05. The van der Waals surface area contributed by atoms with E-state index in [2.05, 4.69) is 34.4 Å². The molecule has 2 atom stereocenters. The topological polar surface area (TPSA) is 68.6 Å². The number of carbonyl (C=O) groups is 1. The van der Waals surface area contributed by atoms with Crippen LogP contribution < -0.4 is 10.1 Å². The Balaban J connectivity index is 1.30. The van der Waals surface area contributed by atoms with Crippen molar-refractivity contribution in [3.63, 3.8) is 0 Å². The van der Waals surface area contributed by atoms with E-state index < -0.39 is 0 Å². The summed E-state index contributed by atoms with van der Waals surface area (Å²) >= 11 is 0. The molecule has 1 amide bonds. The summed E-state index contributed by atoms with van der Waals surface area (Å²) in [5.74, 6) is 0.803. The molecule has 7 nitrogen and oxygen atoms in total. The molecule has 2 unspecified atom stereocenters. The molecule has 0 aliphatic carbocycles. The van der Waals surface area contributed by atoms with Gasteiger partial charge >= 0.3 is 0 Å². The van der Waals surface area contributed by atoms with E-state index in [1.54, 1.807) is 7.11 Å². The number of piperidine rings is 1. The number of hydrogen-bond donors (Lipinski definition) is 1. The number of ether oxygens (including phenoxy) is 2. The van der Waals surface area contributed by atoms with Crippen LogP contribution in [0.1, 0.15) is 42.2 Å². The highest BCUT2D eigenvalue weighted by Gasteiger charge is 2.39. The number of morpholine rings is 1. The number of para-hydroxylation sites is 1. The normalized spacial score (nSPS) is 22.9. The molecule has 2 aliphatic rings. The number of aromatic nitrogens is 2. The van der Waals surface area contributed by atoms with Crippen molar-refractivity contribution in [2.75, 3.05) is 20.3 Å². The molecule has 3 aromatic rings. The first-order chi connectivity index (χ1) is 16.2. The Kier molecular flexibility index (Phi) is 6.33. The summed E-state index contributed by atoms with van der Waals surface area (Å²) in [6.45, 7) is 5.18. The summed E-state index contributed by atoms with van der Waals surface area (Å²) in [5, 5.41) is 8.88. The van der Waals surface area contributed by atoms with E-state index in [1.807, 2.05) is 41.1 Å². The van der Waals surface area contributed by atoms with Gasteiger partial charge in [0.25, 0.3) is 5.91 Å². The molecule has 5 rings (SSSR count). The Morgan fingerprint density at radius 2 is 1.94 bits per heavy atom. The van der Waals surface area contributed by atoms with Gasteiger partial charge in [0.1, 0.15) is 5.75 Å². The fourth-order valence-corrected chi connectivity index (χ4v) is 5.28. The van der Waals surface area contributed by atoms with Gasteiger partial charge in [0.2, 0.25) is 0 Å². The van der Waals surface area contributed by atoms with Crippen molar-refractivity contribution < 1.29 is 14.3 Å². The number of nitrogens with one attached hydrogen (secondary N) is 1. The zero-order valence-electron chi connectivity index (χ0n) is 19.4. The summed E-state index contributed by atoms with van der Waals surface area (Å²) in [7, 11) is 1.70. The minimum Gasteiger partial charge on any atom is -0.497 e. The predicted octanol–water partition coefficient (Wildman–Crippen LogP) is 3.62. The second-order valence-corrected chi connectivity index (χ2v) is 9.10. The van der Waals surface area contributed by atoms with Gasteiger partial charge in [-0.15, -0.1) is 0 Å². The van der Waals surface area contributed by atoms with Crippen LogP contribution in [0.15, 0.2) is 48.5 Å². The molecular weight excluding hydrogens is 416 g/mol. The molecule has 7 heteroatoms. The molecule has 1 aromatic heterocycles. The van der Waals surface area contributed by atoms with Gasteiger partial charge in [-0.2, -0.15) is 5.10 Å². The summed E-state index contributed by atoms with van der Waals surface area (Å²) in [5.41, 5.74) is 2.78. The molecule has 2 saturated heterocycles. The fraction of sp³-hybridized carbons (Fsp3) is 0.462. The monoisotopic (exact) mass is 448 g/mol. The number of aryl methyl sites for hydroxylation is 1. The van der Waals surface area contributed by atoms with Crippen LogP contribution in [0.3, 0.4) is 0 Å². The molecule has 0 saturated carbocycles. The molecule has 1 N–H and O–H groups in total. The zero-order valence-corrected chi connectivity index (χ0v) is 19.4. The molecule has 0 radical (unpaired) electrons. The first-order valence-electron chi connectivity index (χ1n) is 11.9. The number of amides is 1. The third-order valence-corrected chi connectivity index (χ3v) is 6.81. The van der Waals surface area contributed by atoms with Gasteiger partial charge in [-0.05, 0) is 43.0 Å². The van der Waals surface area contributed by atoms with Gasteiger partial charge in [-0.25, -0.2) is 0 Å². The highest BCUT2D eigenvalue weighted by atomic mass is 16.5. The number of methoxy groups -OCH3 is 1. The number of nitrogens with zero attached hydrogens (tertiary/aromatic N) is 3. The van der Waals surface area contributed by atoms with E-state index in [4.69, 9.17) is 9.47 Å². The maximum Gasteiger partial charge on any atom is 0.272 e. The SMILES string of the molecule is CCCn1nc(C(=O)NC2CC3COCC(C2)N3Cc2cccc(OC)c2)c2ccccc21. The largest absolute Gasteiger partial charge is 0.497 e. The maximum atomic E-state index is 13.3. The third-order valence-electron chi connectivity index (χ3n) is 6.81. The van der Waals surface area contributed by atoms with Gasteiger partial charge in [-0.3, -0.25) is 14.4 Å². The minimum atomic E-state index is -0.0775. The van der Waals surface area contributed by atoms with Gasteiger partial charge in [0.05, 0.1) is 25.8 Å². The number of fused-ring (bicyclic) bond motifs is 3. The van der Waals surface area contributed by atoms with Crippen LogP contribution in [0.2, 0.25) is 0 Å². The lowest BCUT2D eigenvalue weighted by molar-refractivity contribution is -0.0843. The van der Waals surface area contributed by atoms with Crippen LogP contribution >= 0.6 is 0 Å². The van der Waals surface area contributed by atoms with Crippen molar-refractivity contribution in [1.29, 1.82) is 0 Å². The Hall–Kier alpha value is -2.90. The minimum absolute atomic E-state index is 0.0775. The molecular formula is C26H32N4O3. The van der Waals surface area contributed by atoms with Gasteiger partial charge < -0.3 is 14.8 Å². The molecule has 0 spiro atoms. The van der Waals surface area contributed by atoms with Gasteiger partial charge in [0.15, 0.2) is 5.69 Å². The average molecular weight is 449 g/mol.